The summed E-state index contributed by atoms with van der Waals surface area (Å²) in [6.45, 7) is 4.37. The number of amides is 1. The first-order chi connectivity index (χ1) is 24.3. The van der Waals surface area contributed by atoms with Gasteiger partial charge in [-0.2, -0.15) is 8.42 Å². The van der Waals surface area contributed by atoms with Crippen LogP contribution in [-0.2, 0) is 14.9 Å². The highest BCUT2D eigenvalue weighted by atomic mass is 32.2. The van der Waals surface area contributed by atoms with E-state index in [4.69, 9.17) is 0 Å². The van der Waals surface area contributed by atoms with Crippen molar-refractivity contribution in [3.63, 3.8) is 0 Å². The van der Waals surface area contributed by atoms with E-state index in [1.54, 1.807) is 6.08 Å². The van der Waals surface area contributed by atoms with Gasteiger partial charge in [0.2, 0.25) is 5.91 Å². The largest absolute Gasteiger partial charge is 0.387 e. The quantitative estimate of drug-likeness (QED) is 0.0349. The second kappa shape index (κ2) is 36.3. The fraction of sp³-hybridized carbons (Fsp3) is 0.651. The number of nitrogens with one attached hydrogen (secondary N) is 1. The Hall–Kier alpha value is -2.48. The van der Waals surface area contributed by atoms with Crippen LogP contribution < -0.4 is 5.32 Å². The van der Waals surface area contributed by atoms with Crippen molar-refractivity contribution in [2.45, 2.75) is 174 Å². The Balaban J connectivity index is 4.02. The molecule has 0 aromatic rings. The zero-order valence-electron chi connectivity index (χ0n) is 31.7. The molecule has 7 heteroatoms. The second-order valence-corrected chi connectivity index (χ2v) is 14.7. The summed E-state index contributed by atoms with van der Waals surface area (Å²) in [4.78, 5) is 12.5. The average molecular weight is 716 g/mol. The van der Waals surface area contributed by atoms with Gasteiger partial charge < -0.3 is 10.4 Å². The lowest BCUT2D eigenvalue weighted by Gasteiger charge is -2.21. The summed E-state index contributed by atoms with van der Waals surface area (Å²) < 4.78 is 32.4. The average Bonchev–Trinajstić information content (AvgIpc) is 3.08. The van der Waals surface area contributed by atoms with Crippen LogP contribution in [-0.4, -0.2) is 41.9 Å². The molecule has 0 aliphatic heterocycles. The molecule has 0 aromatic carbocycles. The molecule has 0 aliphatic carbocycles. The summed E-state index contributed by atoms with van der Waals surface area (Å²) in [5, 5.41) is 13.2. The Morgan fingerprint density at radius 3 is 1.50 bits per heavy atom. The van der Waals surface area contributed by atoms with Crippen LogP contribution in [0.4, 0.5) is 0 Å². The van der Waals surface area contributed by atoms with Gasteiger partial charge in [0.15, 0.2) is 0 Å². The predicted molar refractivity (Wildman–Crippen MR) is 216 cm³/mol. The lowest BCUT2D eigenvalue weighted by molar-refractivity contribution is -0.122. The standard InChI is InChI=1S/C43H73NO5S/c1-3-5-7-9-11-13-15-17-19-20-21-22-23-24-25-27-29-31-33-35-37-39-43(46)44-41(40-50(47,48)49)42(45)38-36-34-32-30-28-26-18-16-14-12-10-8-6-4-2/h5,7,11,13-14,16-17,19,21-22,28,30,36,38,41-42,45H,3-4,6,8-10,12,15,18,20,23-27,29,31-35,37,39-40H2,1-2H3,(H,44,46)(H,47,48,49)/b7-5-,13-11-,16-14+,19-17-,22-21-,30-28+,38-36+. The summed E-state index contributed by atoms with van der Waals surface area (Å²) >= 11 is 0. The maximum absolute atomic E-state index is 12.5. The van der Waals surface area contributed by atoms with Crippen LogP contribution in [0.15, 0.2) is 85.1 Å². The number of unbranched alkanes of at least 4 members (excludes halogenated alkanes) is 14. The van der Waals surface area contributed by atoms with E-state index in [9.17, 15) is 22.9 Å². The summed E-state index contributed by atoms with van der Waals surface area (Å²) in [6, 6.07) is -1.09. The third-order valence-electron chi connectivity index (χ3n) is 8.28. The number of hydrogen-bond donors (Lipinski definition) is 3. The molecule has 0 radical (unpaired) electrons. The molecule has 1 amide bonds. The summed E-state index contributed by atoms with van der Waals surface area (Å²) in [6.07, 6.45) is 52.8. The Kier molecular flexibility index (Phi) is 34.5. The highest BCUT2D eigenvalue weighted by molar-refractivity contribution is 7.85. The lowest BCUT2D eigenvalue weighted by Crippen LogP contribution is -2.46. The molecule has 0 aliphatic rings. The van der Waals surface area contributed by atoms with Crippen molar-refractivity contribution in [3.05, 3.63) is 85.1 Å². The third-order valence-corrected chi connectivity index (χ3v) is 9.06. The number of aliphatic hydroxyl groups excluding tert-OH is 1. The van der Waals surface area contributed by atoms with E-state index in [0.717, 1.165) is 77.0 Å². The van der Waals surface area contributed by atoms with Gasteiger partial charge in [-0.1, -0.05) is 157 Å². The van der Waals surface area contributed by atoms with Crippen molar-refractivity contribution in [2.24, 2.45) is 0 Å². The number of allylic oxidation sites excluding steroid dienone is 13. The van der Waals surface area contributed by atoms with E-state index in [1.807, 2.05) is 0 Å². The first-order valence-electron chi connectivity index (χ1n) is 19.8. The number of rotatable bonds is 34. The molecule has 0 aromatic heterocycles. The number of hydrogen-bond acceptors (Lipinski definition) is 4. The van der Waals surface area contributed by atoms with Gasteiger partial charge in [-0.3, -0.25) is 9.35 Å². The van der Waals surface area contributed by atoms with Crippen LogP contribution in [0.1, 0.15) is 162 Å². The van der Waals surface area contributed by atoms with Crippen molar-refractivity contribution in [1.82, 2.24) is 5.32 Å². The summed E-state index contributed by atoms with van der Waals surface area (Å²) in [5.74, 6) is -1.03. The number of carbonyl (C=O) groups is 1. The minimum Gasteiger partial charge on any atom is -0.387 e. The van der Waals surface area contributed by atoms with Gasteiger partial charge >= 0.3 is 0 Å². The Morgan fingerprint density at radius 2 is 0.980 bits per heavy atom. The van der Waals surface area contributed by atoms with Gasteiger partial charge in [-0.25, -0.2) is 0 Å². The van der Waals surface area contributed by atoms with E-state index in [-0.39, 0.29) is 12.3 Å². The first kappa shape index (κ1) is 47.5. The third kappa shape index (κ3) is 36.8. The highest BCUT2D eigenvalue weighted by Gasteiger charge is 2.24. The molecule has 2 atom stereocenters. The normalized spacial score (nSPS) is 14.2. The molecule has 0 spiro atoms. The molecule has 0 saturated carbocycles. The van der Waals surface area contributed by atoms with Crippen LogP contribution in [0, 0.1) is 0 Å². The zero-order valence-corrected chi connectivity index (χ0v) is 32.6. The fourth-order valence-electron chi connectivity index (χ4n) is 5.35. The molecule has 0 rings (SSSR count). The van der Waals surface area contributed by atoms with E-state index >= 15 is 0 Å². The molecular weight excluding hydrogens is 643 g/mol. The van der Waals surface area contributed by atoms with Crippen LogP contribution in [0.3, 0.4) is 0 Å². The van der Waals surface area contributed by atoms with Gasteiger partial charge in [-0.05, 0) is 83.5 Å². The van der Waals surface area contributed by atoms with Crippen molar-refractivity contribution in [3.8, 4) is 0 Å². The van der Waals surface area contributed by atoms with Crippen LogP contribution in [0.2, 0.25) is 0 Å². The second-order valence-electron chi connectivity index (χ2n) is 13.2. The SMILES string of the molecule is CC/C=C\C/C=C\C/C=C\C/C=C\CCCCCCCCCCC(=O)NC(CS(=O)(=O)O)C(O)/C=C/CC/C=C/CC/C=C/CCCCCC. The zero-order chi connectivity index (χ0) is 36.8. The maximum Gasteiger partial charge on any atom is 0.267 e. The van der Waals surface area contributed by atoms with Crippen LogP contribution >= 0.6 is 0 Å². The lowest BCUT2D eigenvalue weighted by atomic mass is 10.1. The van der Waals surface area contributed by atoms with Gasteiger partial charge in [-0.15, -0.1) is 0 Å². The van der Waals surface area contributed by atoms with Crippen molar-refractivity contribution >= 4 is 16.0 Å². The van der Waals surface area contributed by atoms with Crippen molar-refractivity contribution < 1.29 is 22.9 Å². The van der Waals surface area contributed by atoms with E-state index in [0.29, 0.717) is 12.8 Å². The molecule has 50 heavy (non-hydrogen) atoms. The molecule has 6 nitrogen and oxygen atoms in total. The highest BCUT2D eigenvalue weighted by Crippen LogP contribution is 2.12. The molecule has 2 unspecified atom stereocenters. The maximum atomic E-state index is 12.5. The number of aliphatic hydroxyl groups is 1. The van der Waals surface area contributed by atoms with Crippen LogP contribution in [0.5, 0.6) is 0 Å². The Morgan fingerprint density at radius 1 is 0.560 bits per heavy atom. The van der Waals surface area contributed by atoms with Crippen molar-refractivity contribution in [2.75, 3.05) is 5.75 Å². The Labute approximate surface area is 307 Å². The van der Waals surface area contributed by atoms with Gasteiger partial charge in [0, 0.05) is 6.42 Å². The van der Waals surface area contributed by atoms with Gasteiger partial charge in [0.1, 0.15) is 0 Å². The summed E-state index contributed by atoms with van der Waals surface area (Å²) in [7, 11) is -4.36. The molecule has 3 N–H and O–H groups in total. The molecule has 0 heterocycles. The molecule has 286 valence electrons. The minimum absolute atomic E-state index is 0.270. The topological polar surface area (TPSA) is 104 Å². The first-order valence-corrected chi connectivity index (χ1v) is 21.4. The molecule has 0 bridgehead atoms. The van der Waals surface area contributed by atoms with Gasteiger partial charge in [0.05, 0.1) is 17.9 Å². The van der Waals surface area contributed by atoms with E-state index in [1.165, 1.54) is 57.4 Å². The Bertz CT molecular complexity index is 1100. The monoisotopic (exact) mass is 716 g/mol. The van der Waals surface area contributed by atoms with Crippen molar-refractivity contribution in [1.29, 1.82) is 0 Å². The van der Waals surface area contributed by atoms with Gasteiger partial charge in [0.25, 0.3) is 10.1 Å². The molecular formula is C43H73NO5S. The predicted octanol–water partition coefficient (Wildman–Crippen LogP) is 11.6. The fourth-order valence-corrected chi connectivity index (χ4v) is 6.09. The molecule has 0 saturated heterocycles. The summed E-state index contributed by atoms with van der Waals surface area (Å²) in [5.41, 5.74) is 0. The van der Waals surface area contributed by atoms with E-state index in [2.05, 4.69) is 92.1 Å². The van der Waals surface area contributed by atoms with Crippen LogP contribution in [0.25, 0.3) is 0 Å². The van der Waals surface area contributed by atoms with E-state index < -0.39 is 28.0 Å². The smallest absolute Gasteiger partial charge is 0.267 e. The molecule has 0 fully saturated rings. The minimum atomic E-state index is -4.36. The number of carbonyl (C=O) groups excluding carboxylic acids is 1.